The molecule has 0 radical (unpaired) electrons. The molecule has 2 heterocycles. The molecule has 0 aliphatic carbocycles. The summed E-state index contributed by atoms with van der Waals surface area (Å²) in [5.41, 5.74) is 3.89. The molecular formula is C16H14N2O3. The molecule has 0 fully saturated rings. The number of rotatable bonds is 2. The van der Waals surface area contributed by atoms with Gasteiger partial charge in [-0.15, -0.1) is 0 Å². The average molecular weight is 282 g/mol. The molecule has 0 aliphatic heterocycles. The molecule has 106 valence electrons. The van der Waals surface area contributed by atoms with Crippen LogP contribution in [0.2, 0.25) is 0 Å². The number of phenols is 1. The van der Waals surface area contributed by atoms with E-state index in [0.717, 1.165) is 16.8 Å². The van der Waals surface area contributed by atoms with Crippen molar-refractivity contribution >= 4 is 11.6 Å². The number of pyridine rings is 1. The number of aryl methyl sites for hydroxylation is 1. The van der Waals surface area contributed by atoms with Crippen molar-refractivity contribution in [2.24, 2.45) is 0 Å². The van der Waals surface area contributed by atoms with Gasteiger partial charge in [-0.2, -0.15) is 0 Å². The molecule has 1 aromatic carbocycles. The van der Waals surface area contributed by atoms with E-state index < -0.39 is 5.97 Å². The minimum absolute atomic E-state index is 0.205. The van der Waals surface area contributed by atoms with Crippen LogP contribution in [0.4, 0.5) is 0 Å². The van der Waals surface area contributed by atoms with Gasteiger partial charge in [-0.25, -0.2) is 9.78 Å². The molecule has 21 heavy (non-hydrogen) atoms. The third-order valence-corrected chi connectivity index (χ3v) is 3.43. The van der Waals surface area contributed by atoms with E-state index >= 15 is 0 Å². The van der Waals surface area contributed by atoms with Crippen molar-refractivity contribution in [3.05, 3.63) is 53.9 Å². The Balaban J connectivity index is 2.17. The maximum atomic E-state index is 11.5. The molecule has 0 bridgehead atoms. The van der Waals surface area contributed by atoms with Crippen LogP contribution in [-0.4, -0.2) is 27.6 Å². The smallest absolute Gasteiger partial charge is 0.338 e. The molecule has 1 N–H and O–H groups in total. The summed E-state index contributed by atoms with van der Waals surface area (Å²) in [6.45, 7) is 1.97. The van der Waals surface area contributed by atoms with E-state index in [9.17, 15) is 9.90 Å². The lowest BCUT2D eigenvalue weighted by atomic mass is 10.1. The monoisotopic (exact) mass is 282 g/mol. The molecule has 5 heteroatoms. The topological polar surface area (TPSA) is 63.8 Å². The second-order valence-electron chi connectivity index (χ2n) is 4.78. The van der Waals surface area contributed by atoms with Crippen molar-refractivity contribution in [3.63, 3.8) is 0 Å². The van der Waals surface area contributed by atoms with E-state index in [1.54, 1.807) is 36.7 Å². The van der Waals surface area contributed by atoms with Crippen LogP contribution in [0.25, 0.3) is 16.9 Å². The van der Waals surface area contributed by atoms with Crippen LogP contribution in [-0.2, 0) is 4.74 Å². The summed E-state index contributed by atoms with van der Waals surface area (Å²) in [6, 6.07) is 8.56. The third kappa shape index (κ3) is 2.23. The van der Waals surface area contributed by atoms with Gasteiger partial charge in [-0.1, -0.05) is 6.07 Å². The van der Waals surface area contributed by atoms with Gasteiger partial charge in [-0.3, -0.25) is 4.40 Å². The predicted octanol–water partition coefficient (Wildman–Crippen LogP) is 2.80. The lowest BCUT2D eigenvalue weighted by Gasteiger charge is -2.07. The molecule has 2 aromatic heterocycles. The normalized spacial score (nSPS) is 10.8. The molecule has 0 aliphatic rings. The maximum Gasteiger partial charge on any atom is 0.338 e. The summed E-state index contributed by atoms with van der Waals surface area (Å²) in [6.07, 6.45) is 3.49. The number of fused-ring (bicyclic) bond motifs is 1. The Labute approximate surface area is 121 Å². The first kappa shape index (κ1) is 13.2. The SMILES string of the molecule is COC(=O)c1ccn2c(-c3cc(O)ccc3C)cnc2c1. The molecule has 5 nitrogen and oxygen atoms in total. The largest absolute Gasteiger partial charge is 0.508 e. The minimum atomic E-state index is -0.393. The third-order valence-electron chi connectivity index (χ3n) is 3.43. The summed E-state index contributed by atoms with van der Waals surface area (Å²) in [5, 5.41) is 9.67. The van der Waals surface area contributed by atoms with Crippen LogP contribution in [0, 0.1) is 6.92 Å². The first-order valence-electron chi connectivity index (χ1n) is 6.45. The number of phenolic OH excluding ortho intramolecular Hbond substituents is 1. The fourth-order valence-electron chi connectivity index (χ4n) is 2.31. The zero-order valence-electron chi connectivity index (χ0n) is 11.7. The predicted molar refractivity (Wildman–Crippen MR) is 78.4 cm³/mol. The molecule has 0 atom stereocenters. The summed E-state index contributed by atoms with van der Waals surface area (Å²) in [5.74, 6) is -0.188. The number of esters is 1. The van der Waals surface area contributed by atoms with Crippen molar-refractivity contribution in [2.75, 3.05) is 7.11 Å². The number of aromatic hydroxyl groups is 1. The number of nitrogens with zero attached hydrogens (tertiary/aromatic N) is 2. The lowest BCUT2D eigenvalue weighted by molar-refractivity contribution is 0.0600. The molecule has 3 aromatic rings. The van der Waals surface area contributed by atoms with E-state index in [-0.39, 0.29) is 5.75 Å². The van der Waals surface area contributed by atoms with E-state index in [0.29, 0.717) is 11.2 Å². The number of carbonyl (C=O) groups excluding carboxylic acids is 1. The quantitative estimate of drug-likeness (QED) is 0.734. The summed E-state index contributed by atoms with van der Waals surface area (Å²) >= 11 is 0. The first-order chi connectivity index (χ1) is 10.1. The van der Waals surface area contributed by atoms with Crippen LogP contribution >= 0.6 is 0 Å². The van der Waals surface area contributed by atoms with Crippen molar-refractivity contribution in [1.29, 1.82) is 0 Å². The number of hydrogen-bond donors (Lipinski definition) is 1. The Morgan fingerprint density at radius 3 is 2.86 bits per heavy atom. The maximum absolute atomic E-state index is 11.5. The van der Waals surface area contributed by atoms with Crippen LogP contribution < -0.4 is 0 Å². The molecule has 0 spiro atoms. The molecule has 3 rings (SSSR count). The molecular weight excluding hydrogens is 268 g/mol. The van der Waals surface area contributed by atoms with E-state index in [2.05, 4.69) is 4.98 Å². The van der Waals surface area contributed by atoms with Crippen molar-refractivity contribution in [1.82, 2.24) is 9.38 Å². The van der Waals surface area contributed by atoms with Crippen molar-refractivity contribution < 1.29 is 14.6 Å². The number of carbonyl (C=O) groups is 1. The number of hydrogen-bond acceptors (Lipinski definition) is 4. The lowest BCUT2D eigenvalue weighted by Crippen LogP contribution is -2.02. The van der Waals surface area contributed by atoms with E-state index in [4.69, 9.17) is 4.74 Å². The van der Waals surface area contributed by atoms with Crippen LogP contribution in [0.15, 0.2) is 42.7 Å². The summed E-state index contributed by atoms with van der Waals surface area (Å²) in [4.78, 5) is 15.9. The highest BCUT2D eigenvalue weighted by Gasteiger charge is 2.12. The van der Waals surface area contributed by atoms with Crippen LogP contribution in [0.1, 0.15) is 15.9 Å². The molecule has 0 unspecified atom stereocenters. The van der Waals surface area contributed by atoms with Gasteiger partial charge < -0.3 is 9.84 Å². The van der Waals surface area contributed by atoms with E-state index in [1.165, 1.54) is 7.11 Å². The van der Waals surface area contributed by atoms with Crippen molar-refractivity contribution in [2.45, 2.75) is 6.92 Å². The van der Waals surface area contributed by atoms with Crippen molar-refractivity contribution in [3.8, 4) is 17.0 Å². The molecule has 0 amide bonds. The second-order valence-corrected chi connectivity index (χ2v) is 4.78. The first-order valence-corrected chi connectivity index (χ1v) is 6.45. The number of aromatic nitrogens is 2. The Bertz CT molecular complexity index is 837. The van der Waals surface area contributed by atoms with Gasteiger partial charge >= 0.3 is 5.97 Å². The van der Waals surface area contributed by atoms with Gasteiger partial charge in [0.1, 0.15) is 11.4 Å². The average Bonchev–Trinajstić information content (AvgIpc) is 2.91. The number of ether oxygens (including phenoxy) is 1. The van der Waals surface area contributed by atoms with Gasteiger partial charge in [0.05, 0.1) is 24.6 Å². The van der Waals surface area contributed by atoms with Gasteiger partial charge in [0.25, 0.3) is 0 Å². The fourth-order valence-corrected chi connectivity index (χ4v) is 2.31. The minimum Gasteiger partial charge on any atom is -0.508 e. The Kier molecular flexibility index (Phi) is 3.10. The Morgan fingerprint density at radius 1 is 1.29 bits per heavy atom. The Morgan fingerprint density at radius 2 is 2.10 bits per heavy atom. The fraction of sp³-hybridized carbons (Fsp3) is 0.125. The van der Waals surface area contributed by atoms with Gasteiger partial charge in [0.2, 0.25) is 0 Å². The van der Waals surface area contributed by atoms with Gasteiger partial charge in [0.15, 0.2) is 0 Å². The van der Waals surface area contributed by atoms with Gasteiger partial charge in [0, 0.05) is 11.8 Å². The number of benzene rings is 1. The highest BCUT2D eigenvalue weighted by molar-refractivity contribution is 5.90. The summed E-state index contributed by atoms with van der Waals surface area (Å²) < 4.78 is 6.57. The number of methoxy groups -OCH3 is 1. The second kappa shape index (κ2) is 4.94. The molecule has 0 saturated carbocycles. The highest BCUT2D eigenvalue weighted by atomic mass is 16.5. The molecule has 0 saturated heterocycles. The zero-order chi connectivity index (χ0) is 15.0. The highest BCUT2D eigenvalue weighted by Crippen LogP contribution is 2.28. The van der Waals surface area contributed by atoms with Crippen LogP contribution in [0.3, 0.4) is 0 Å². The summed E-state index contributed by atoms with van der Waals surface area (Å²) in [7, 11) is 1.35. The van der Waals surface area contributed by atoms with Gasteiger partial charge in [-0.05, 0) is 36.8 Å². The van der Waals surface area contributed by atoms with Crippen LogP contribution in [0.5, 0.6) is 5.75 Å². The number of imidazole rings is 1. The van der Waals surface area contributed by atoms with E-state index in [1.807, 2.05) is 17.4 Å². The zero-order valence-corrected chi connectivity index (χ0v) is 11.7. The Hall–Kier alpha value is -2.82. The standard InChI is InChI=1S/C16H14N2O3/c1-10-3-4-12(19)8-13(10)14-9-17-15-7-11(16(20)21-2)5-6-18(14)15/h3-9,19H,1-2H3.